The lowest BCUT2D eigenvalue weighted by Crippen LogP contribution is -2.30. The number of carbonyl (C=O) groups excluding carboxylic acids is 1. The van der Waals surface area contributed by atoms with Crippen molar-refractivity contribution in [2.75, 3.05) is 13.7 Å². The van der Waals surface area contributed by atoms with Gasteiger partial charge in [-0.25, -0.2) is 8.78 Å². The smallest absolute Gasteiger partial charge is 0.248 e. The Kier molecular flexibility index (Phi) is 4.75. The number of ether oxygens (including phenoxy) is 1. The number of carbonyl (C=O) groups is 1. The van der Waals surface area contributed by atoms with Gasteiger partial charge in [-0.2, -0.15) is 5.10 Å². The van der Waals surface area contributed by atoms with Gasteiger partial charge in [0.15, 0.2) is 5.78 Å². The molecule has 0 spiro atoms. The van der Waals surface area contributed by atoms with E-state index < -0.39 is 11.8 Å². The highest BCUT2D eigenvalue weighted by molar-refractivity contribution is 6.33. The second-order valence-corrected chi connectivity index (χ2v) is 5.46. The van der Waals surface area contributed by atoms with Crippen LogP contribution in [0.3, 0.4) is 0 Å². The molecule has 1 saturated carbocycles. The van der Waals surface area contributed by atoms with Crippen LogP contribution in [0.4, 0.5) is 8.78 Å². The highest BCUT2D eigenvalue weighted by Gasteiger charge is 2.38. The fourth-order valence-electron chi connectivity index (χ4n) is 2.45. The van der Waals surface area contributed by atoms with E-state index in [4.69, 9.17) is 16.3 Å². The first-order chi connectivity index (χ1) is 9.44. The summed E-state index contributed by atoms with van der Waals surface area (Å²) in [5.74, 6) is -3.24. The van der Waals surface area contributed by atoms with Gasteiger partial charge in [0.05, 0.1) is 24.4 Å². The minimum atomic E-state index is -2.64. The molecule has 1 heterocycles. The molecule has 1 aromatic heterocycles. The van der Waals surface area contributed by atoms with Crippen LogP contribution < -0.4 is 0 Å². The number of alkyl halides is 2. The van der Waals surface area contributed by atoms with Crippen molar-refractivity contribution in [1.29, 1.82) is 0 Å². The standard InChI is InChI=1S/C13H17ClF2N2O2/c1-20-7-6-18-11(10(14)8-17-18)12(19)9-2-4-13(15,16)5-3-9/h8-9H,2-7H2,1H3. The van der Waals surface area contributed by atoms with E-state index in [0.29, 0.717) is 18.8 Å². The monoisotopic (exact) mass is 306 g/mol. The Morgan fingerprint density at radius 1 is 1.55 bits per heavy atom. The zero-order valence-electron chi connectivity index (χ0n) is 11.2. The third-order valence-electron chi connectivity index (χ3n) is 3.62. The lowest BCUT2D eigenvalue weighted by Gasteiger charge is -2.27. The van der Waals surface area contributed by atoms with Gasteiger partial charge in [0, 0.05) is 25.9 Å². The Bertz CT molecular complexity index is 481. The summed E-state index contributed by atoms with van der Waals surface area (Å²) >= 11 is 6.00. The van der Waals surface area contributed by atoms with Gasteiger partial charge in [-0.1, -0.05) is 11.6 Å². The topological polar surface area (TPSA) is 44.1 Å². The number of nitrogens with zero attached hydrogens (tertiary/aromatic N) is 2. The zero-order valence-corrected chi connectivity index (χ0v) is 12.0. The van der Waals surface area contributed by atoms with Crippen LogP contribution in [0.15, 0.2) is 6.20 Å². The predicted molar refractivity (Wildman–Crippen MR) is 70.3 cm³/mol. The fourth-order valence-corrected chi connectivity index (χ4v) is 2.68. The first-order valence-electron chi connectivity index (χ1n) is 6.57. The van der Waals surface area contributed by atoms with Crippen molar-refractivity contribution in [1.82, 2.24) is 9.78 Å². The maximum Gasteiger partial charge on any atom is 0.248 e. The molecule has 112 valence electrons. The fraction of sp³-hybridized carbons (Fsp3) is 0.692. The van der Waals surface area contributed by atoms with Gasteiger partial charge in [0.1, 0.15) is 5.69 Å². The molecule has 0 saturated heterocycles. The summed E-state index contributed by atoms with van der Waals surface area (Å²) in [5.41, 5.74) is 0.305. The molecule has 1 aromatic rings. The van der Waals surface area contributed by atoms with E-state index in [0.717, 1.165) is 0 Å². The summed E-state index contributed by atoms with van der Waals surface area (Å²) in [6.45, 7) is 0.814. The maximum atomic E-state index is 13.1. The molecule has 0 N–H and O–H groups in total. The number of methoxy groups -OCH3 is 1. The summed E-state index contributed by atoms with van der Waals surface area (Å²) < 4.78 is 32.7. The van der Waals surface area contributed by atoms with Gasteiger partial charge in [-0.3, -0.25) is 9.48 Å². The van der Waals surface area contributed by atoms with E-state index in [-0.39, 0.29) is 36.5 Å². The highest BCUT2D eigenvalue weighted by Crippen LogP contribution is 2.38. The zero-order chi connectivity index (χ0) is 14.8. The molecule has 7 heteroatoms. The van der Waals surface area contributed by atoms with Gasteiger partial charge in [0.25, 0.3) is 0 Å². The molecule has 2 rings (SSSR count). The normalized spacial score (nSPS) is 19.2. The van der Waals surface area contributed by atoms with Crippen LogP contribution in [0.5, 0.6) is 0 Å². The van der Waals surface area contributed by atoms with Gasteiger partial charge in [-0.05, 0) is 12.8 Å². The number of aromatic nitrogens is 2. The van der Waals surface area contributed by atoms with E-state index in [9.17, 15) is 13.6 Å². The quantitative estimate of drug-likeness (QED) is 0.785. The van der Waals surface area contributed by atoms with Gasteiger partial charge in [-0.15, -0.1) is 0 Å². The summed E-state index contributed by atoms with van der Waals surface area (Å²) in [6.07, 6.45) is 1.30. The van der Waals surface area contributed by atoms with E-state index >= 15 is 0 Å². The maximum absolute atomic E-state index is 13.1. The molecule has 0 unspecified atom stereocenters. The molecular formula is C13H17ClF2N2O2. The molecule has 1 aliphatic rings. The highest BCUT2D eigenvalue weighted by atomic mass is 35.5. The van der Waals surface area contributed by atoms with Crippen molar-refractivity contribution in [2.45, 2.75) is 38.2 Å². The van der Waals surface area contributed by atoms with Crippen LogP contribution >= 0.6 is 11.6 Å². The van der Waals surface area contributed by atoms with Crippen LogP contribution in [0.25, 0.3) is 0 Å². The summed E-state index contributed by atoms with van der Waals surface area (Å²) in [5, 5.41) is 4.30. The van der Waals surface area contributed by atoms with Crippen molar-refractivity contribution >= 4 is 17.4 Å². The van der Waals surface area contributed by atoms with Crippen LogP contribution in [0, 0.1) is 5.92 Å². The Hall–Kier alpha value is -1.01. The molecule has 0 aliphatic heterocycles. The van der Waals surface area contributed by atoms with Gasteiger partial charge in [0.2, 0.25) is 5.92 Å². The van der Waals surface area contributed by atoms with Crippen LogP contribution in [0.2, 0.25) is 5.02 Å². The minimum absolute atomic E-state index is 0.192. The molecule has 4 nitrogen and oxygen atoms in total. The molecule has 0 bridgehead atoms. The van der Waals surface area contributed by atoms with Crippen molar-refractivity contribution < 1.29 is 18.3 Å². The van der Waals surface area contributed by atoms with Crippen molar-refractivity contribution in [3.8, 4) is 0 Å². The number of rotatable bonds is 5. The van der Waals surface area contributed by atoms with Crippen molar-refractivity contribution in [2.24, 2.45) is 5.92 Å². The number of hydrogen-bond donors (Lipinski definition) is 0. The summed E-state index contributed by atoms with van der Waals surface area (Å²) in [6, 6.07) is 0. The van der Waals surface area contributed by atoms with Crippen molar-refractivity contribution in [3.63, 3.8) is 0 Å². The van der Waals surface area contributed by atoms with Gasteiger partial charge >= 0.3 is 0 Å². The number of halogens is 3. The van der Waals surface area contributed by atoms with Crippen LogP contribution in [0.1, 0.15) is 36.2 Å². The second kappa shape index (κ2) is 6.18. The SMILES string of the molecule is COCCn1ncc(Cl)c1C(=O)C1CCC(F)(F)CC1. The van der Waals surface area contributed by atoms with E-state index in [1.54, 1.807) is 7.11 Å². The third-order valence-corrected chi connectivity index (χ3v) is 3.90. The van der Waals surface area contributed by atoms with Crippen molar-refractivity contribution in [3.05, 3.63) is 16.9 Å². The Labute approximate surface area is 121 Å². The van der Waals surface area contributed by atoms with E-state index in [1.807, 2.05) is 0 Å². The molecule has 1 aliphatic carbocycles. The minimum Gasteiger partial charge on any atom is -0.383 e. The lowest BCUT2D eigenvalue weighted by molar-refractivity contribution is -0.0425. The van der Waals surface area contributed by atoms with Crippen LogP contribution in [-0.4, -0.2) is 35.2 Å². The first kappa shape index (κ1) is 15.4. The van der Waals surface area contributed by atoms with Crippen LogP contribution in [-0.2, 0) is 11.3 Å². The number of hydrogen-bond acceptors (Lipinski definition) is 3. The third kappa shape index (κ3) is 3.35. The van der Waals surface area contributed by atoms with E-state index in [2.05, 4.69) is 5.10 Å². The molecule has 1 fully saturated rings. The summed E-state index contributed by atoms with van der Waals surface area (Å²) in [4.78, 5) is 12.4. The van der Waals surface area contributed by atoms with Gasteiger partial charge < -0.3 is 4.74 Å². The number of Topliss-reactive ketones (excluding diaryl/α,β-unsaturated/α-hetero) is 1. The Morgan fingerprint density at radius 3 is 2.80 bits per heavy atom. The average molecular weight is 307 g/mol. The molecule has 0 radical (unpaired) electrons. The summed E-state index contributed by atoms with van der Waals surface area (Å²) in [7, 11) is 1.55. The lowest BCUT2D eigenvalue weighted by atomic mass is 9.83. The first-order valence-corrected chi connectivity index (χ1v) is 6.94. The molecular weight excluding hydrogens is 290 g/mol. The molecule has 0 aromatic carbocycles. The molecule has 0 atom stereocenters. The Morgan fingerprint density at radius 2 is 2.20 bits per heavy atom. The largest absolute Gasteiger partial charge is 0.383 e. The van der Waals surface area contributed by atoms with E-state index in [1.165, 1.54) is 10.9 Å². The Balaban J connectivity index is 2.11. The predicted octanol–water partition coefficient (Wildman–Crippen LogP) is 3.19. The molecule has 20 heavy (non-hydrogen) atoms. The molecule has 0 amide bonds. The average Bonchev–Trinajstić information content (AvgIpc) is 2.76. The second-order valence-electron chi connectivity index (χ2n) is 5.05. The number of ketones is 1.